The predicted molar refractivity (Wildman–Crippen MR) is 121 cm³/mol. The van der Waals surface area contributed by atoms with Gasteiger partial charge in [0, 0.05) is 12.0 Å². The summed E-state index contributed by atoms with van der Waals surface area (Å²) in [5.41, 5.74) is 4.03. The molecule has 180 valence electrons. The Bertz CT molecular complexity index is 731. The molecule has 2 aliphatic rings. The summed E-state index contributed by atoms with van der Waals surface area (Å²) in [6.45, 7) is 4.93. The minimum Gasteiger partial charge on any atom is -0.473 e. The first-order valence-corrected chi connectivity index (χ1v) is 11.3. The van der Waals surface area contributed by atoms with E-state index in [0.29, 0.717) is 11.8 Å². The van der Waals surface area contributed by atoms with E-state index in [-0.39, 0.29) is 5.41 Å². The first kappa shape index (κ1) is 26.3. The van der Waals surface area contributed by atoms with Crippen molar-refractivity contribution >= 4 is 11.9 Å². The Hall–Kier alpha value is -2.00. The van der Waals surface area contributed by atoms with Gasteiger partial charge in [-0.15, -0.1) is 0 Å². The van der Waals surface area contributed by atoms with Gasteiger partial charge < -0.3 is 25.1 Å². The number of nitrogens with one attached hydrogen (secondary N) is 1. The summed E-state index contributed by atoms with van der Waals surface area (Å²) < 4.78 is 0. The van der Waals surface area contributed by atoms with Crippen LogP contribution in [0.15, 0.2) is 30.3 Å². The van der Waals surface area contributed by atoms with Crippen LogP contribution in [0.2, 0.25) is 0 Å². The van der Waals surface area contributed by atoms with Crippen molar-refractivity contribution in [3.8, 4) is 0 Å². The molecule has 3 rings (SSSR count). The first-order valence-electron chi connectivity index (χ1n) is 11.3. The zero-order valence-electron chi connectivity index (χ0n) is 19.4. The number of hydrogen-bond acceptors (Lipinski definition) is 6. The molecule has 0 spiro atoms. The van der Waals surface area contributed by atoms with Gasteiger partial charge in [0.05, 0.1) is 12.2 Å². The Balaban J connectivity index is 0.000000534. The maximum absolute atomic E-state index is 11.5. The fourth-order valence-electron chi connectivity index (χ4n) is 5.17. The van der Waals surface area contributed by atoms with Gasteiger partial charge in [0.25, 0.3) is 0 Å². The van der Waals surface area contributed by atoms with Crippen molar-refractivity contribution < 1.29 is 29.7 Å². The number of carbonyl (C=O) groups is 2. The number of nitrogens with zero attached hydrogens (tertiary/aromatic N) is 1. The standard InChI is InChI=1S/C22H36N2O2.C2H2O4/c1-21-12-10-19(18-8-5-4-6-9-18)16-22(21,25)13-11-20(21)17-23-26-15-7-14-24(2)3;3-1(4)2(5)6/h4-6,8-9,19-20,23,25H,7,10-17H2,1-3H3;(H,3,4)(H,5,6)/t19-,20+,21+,22-;/m0./s1. The van der Waals surface area contributed by atoms with E-state index >= 15 is 0 Å². The Morgan fingerprint density at radius 2 is 1.78 bits per heavy atom. The Kier molecular flexibility index (Phi) is 9.64. The molecule has 0 saturated heterocycles. The van der Waals surface area contributed by atoms with Gasteiger partial charge in [0.1, 0.15) is 0 Å². The summed E-state index contributed by atoms with van der Waals surface area (Å²) in [6.07, 6.45) is 6.19. The molecule has 32 heavy (non-hydrogen) atoms. The highest BCUT2D eigenvalue weighted by Gasteiger charge is 2.58. The SMILES string of the molecule is CN(C)CCCONC[C@H]1CC[C@]2(O)C[C@@H](c3ccccc3)CC[C@]12C.O=C(O)C(=O)O. The van der Waals surface area contributed by atoms with E-state index in [9.17, 15) is 5.11 Å². The third-order valence-electron chi connectivity index (χ3n) is 7.20. The van der Waals surface area contributed by atoms with Gasteiger partial charge in [-0.2, -0.15) is 0 Å². The van der Waals surface area contributed by atoms with Gasteiger partial charge in [0.15, 0.2) is 0 Å². The molecule has 2 saturated carbocycles. The second kappa shape index (κ2) is 11.7. The second-order valence-electron chi connectivity index (χ2n) is 9.50. The minimum absolute atomic E-state index is 0.00171. The summed E-state index contributed by atoms with van der Waals surface area (Å²) in [7, 11) is 4.17. The molecule has 1 aromatic rings. The lowest BCUT2D eigenvalue weighted by Crippen LogP contribution is -2.50. The van der Waals surface area contributed by atoms with Crippen LogP contribution in [0, 0.1) is 11.3 Å². The van der Waals surface area contributed by atoms with Gasteiger partial charge >= 0.3 is 11.9 Å². The van der Waals surface area contributed by atoms with E-state index in [1.165, 1.54) is 12.0 Å². The number of carboxylic acids is 2. The van der Waals surface area contributed by atoms with Crippen LogP contribution in [0.25, 0.3) is 0 Å². The molecule has 0 radical (unpaired) electrons. The highest BCUT2D eigenvalue weighted by Crippen LogP contribution is 2.60. The average molecular weight is 451 g/mol. The lowest BCUT2D eigenvalue weighted by Gasteiger charge is -2.49. The summed E-state index contributed by atoms with van der Waals surface area (Å²) in [5.74, 6) is -2.67. The number of aliphatic hydroxyl groups is 1. The summed E-state index contributed by atoms with van der Waals surface area (Å²) in [5, 5.41) is 26.3. The molecule has 2 fully saturated rings. The molecule has 0 amide bonds. The molecule has 0 bridgehead atoms. The van der Waals surface area contributed by atoms with E-state index in [0.717, 1.165) is 51.8 Å². The molecular formula is C24H38N2O6. The molecule has 0 unspecified atom stereocenters. The maximum Gasteiger partial charge on any atom is 0.414 e. The van der Waals surface area contributed by atoms with E-state index in [1.54, 1.807) is 0 Å². The van der Waals surface area contributed by atoms with Gasteiger partial charge in [-0.25, -0.2) is 15.1 Å². The Morgan fingerprint density at radius 1 is 1.12 bits per heavy atom. The number of hydrogen-bond donors (Lipinski definition) is 4. The Morgan fingerprint density at radius 3 is 2.38 bits per heavy atom. The number of fused-ring (bicyclic) bond motifs is 1. The van der Waals surface area contributed by atoms with Crippen molar-refractivity contribution in [1.29, 1.82) is 0 Å². The lowest BCUT2D eigenvalue weighted by molar-refractivity contribution is -0.159. The average Bonchev–Trinajstić information content (AvgIpc) is 3.01. The smallest absolute Gasteiger partial charge is 0.414 e. The van der Waals surface area contributed by atoms with Crippen molar-refractivity contribution in [1.82, 2.24) is 10.4 Å². The molecule has 8 heteroatoms. The monoisotopic (exact) mass is 450 g/mol. The van der Waals surface area contributed by atoms with Crippen LogP contribution >= 0.6 is 0 Å². The highest BCUT2D eigenvalue weighted by molar-refractivity contribution is 6.27. The molecule has 1 aromatic carbocycles. The van der Waals surface area contributed by atoms with Gasteiger partial charge in [0.2, 0.25) is 0 Å². The highest BCUT2D eigenvalue weighted by atomic mass is 16.6. The molecule has 0 heterocycles. The topological polar surface area (TPSA) is 119 Å². The number of aliphatic carboxylic acids is 2. The summed E-state index contributed by atoms with van der Waals surface area (Å²) in [4.78, 5) is 26.0. The summed E-state index contributed by atoms with van der Waals surface area (Å²) in [6, 6.07) is 10.7. The van der Waals surface area contributed by atoms with Crippen LogP contribution in [0.4, 0.5) is 0 Å². The zero-order valence-corrected chi connectivity index (χ0v) is 19.4. The van der Waals surface area contributed by atoms with Gasteiger partial charge in [-0.05, 0) is 76.6 Å². The van der Waals surface area contributed by atoms with Crippen LogP contribution < -0.4 is 5.48 Å². The van der Waals surface area contributed by atoms with Crippen LogP contribution in [0.3, 0.4) is 0 Å². The largest absolute Gasteiger partial charge is 0.473 e. The summed E-state index contributed by atoms with van der Waals surface area (Å²) >= 11 is 0. The number of hydroxylamine groups is 1. The lowest BCUT2D eigenvalue weighted by atomic mass is 9.59. The van der Waals surface area contributed by atoms with Crippen LogP contribution in [0.1, 0.15) is 56.9 Å². The molecule has 8 nitrogen and oxygen atoms in total. The van der Waals surface area contributed by atoms with Crippen molar-refractivity contribution in [2.75, 3.05) is 33.8 Å². The molecule has 0 aliphatic heterocycles. The normalized spacial score (nSPS) is 29.2. The third-order valence-corrected chi connectivity index (χ3v) is 7.20. The molecule has 4 N–H and O–H groups in total. The van der Waals surface area contributed by atoms with Crippen molar-refractivity contribution in [3.05, 3.63) is 35.9 Å². The third kappa shape index (κ3) is 6.75. The molecular weight excluding hydrogens is 412 g/mol. The fourth-order valence-corrected chi connectivity index (χ4v) is 5.17. The maximum atomic E-state index is 11.5. The number of benzene rings is 1. The minimum atomic E-state index is -1.82. The van der Waals surface area contributed by atoms with E-state index in [1.807, 2.05) is 0 Å². The van der Waals surface area contributed by atoms with Crippen LogP contribution in [-0.4, -0.2) is 71.6 Å². The van der Waals surface area contributed by atoms with Crippen molar-refractivity contribution in [3.63, 3.8) is 0 Å². The Labute approximate surface area is 190 Å². The fraction of sp³-hybridized carbons (Fsp3) is 0.667. The van der Waals surface area contributed by atoms with Crippen LogP contribution in [0.5, 0.6) is 0 Å². The molecule has 4 atom stereocenters. The number of rotatable bonds is 8. The van der Waals surface area contributed by atoms with Gasteiger partial charge in [-0.3, -0.25) is 0 Å². The quantitative estimate of drug-likeness (QED) is 0.271. The molecule has 2 aliphatic carbocycles. The van der Waals surface area contributed by atoms with Gasteiger partial charge in [-0.1, -0.05) is 37.3 Å². The van der Waals surface area contributed by atoms with E-state index in [4.69, 9.17) is 24.6 Å². The second-order valence-corrected chi connectivity index (χ2v) is 9.50. The molecule has 0 aromatic heterocycles. The van der Waals surface area contributed by atoms with E-state index < -0.39 is 17.5 Å². The van der Waals surface area contributed by atoms with E-state index in [2.05, 4.69) is 61.7 Å². The van der Waals surface area contributed by atoms with Crippen molar-refractivity contribution in [2.45, 2.75) is 57.0 Å². The first-order chi connectivity index (χ1) is 15.1. The zero-order chi connectivity index (χ0) is 23.8. The number of carboxylic acid groups (broad SMARTS) is 2. The predicted octanol–water partition coefficient (Wildman–Crippen LogP) is 2.73. The van der Waals surface area contributed by atoms with Crippen molar-refractivity contribution in [2.24, 2.45) is 11.3 Å². The van der Waals surface area contributed by atoms with Crippen LogP contribution in [-0.2, 0) is 14.4 Å².